The normalized spacial score (nSPS) is 20.0. The van der Waals surface area contributed by atoms with E-state index in [0.717, 1.165) is 30.8 Å². The summed E-state index contributed by atoms with van der Waals surface area (Å²) in [6.07, 6.45) is 8.43. The van der Waals surface area contributed by atoms with Crippen LogP contribution in [0, 0.1) is 0 Å². The Hall–Kier alpha value is -0.570. The van der Waals surface area contributed by atoms with E-state index in [2.05, 4.69) is 24.4 Å². The van der Waals surface area contributed by atoms with Gasteiger partial charge in [0, 0.05) is 12.1 Å². The van der Waals surface area contributed by atoms with E-state index in [9.17, 15) is 0 Å². The molecule has 1 unspecified atom stereocenters. The molecule has 118 valence electrons. The Morgan fingerprint density at radius 1 is 1.19 bits per heavy atom. The minimum atomic E-state index is -0.128. The van der Waals surface area contributed by atoms with Crippen molar-refractivity contribution in [2.75, 3.05) is 13.7 Å². The Balaban J connectivity index is 2.34. The second-order valence-corrected chi connectivity index (χ2v) is 6.50. The molecule has 0 aromatic heterocycles. The van der Waals surface area contributed by atoms with Gasteiger partial charge in [-0.25, -0.2) is 0 Å². The van der Waals surface area contributed by atoms with Crippen LogP contribution in [0.2, 0.25) is 5.02 Å². The van der Waals surface area contributed by atoms with E-state index in [1.54, 1.807) is 0 Å². The van der Waals surface area contributed by atoms with Crippen molar-refractivity contribution in [3.05, 3.63) is 34.9 Å². The molecule has 0 bridgehead atoms. The van der Waals surface area contributed by atoms with Crippen LogP contribution in [0.15, 0.2) is 24.3 Å². The first-order valence-electron chi connectivity index (χ1n) is 8.26. The highest BCUT2D eigenvalue weighted by atomic mass is 35.5. The third kappa shape index (κ3) is 4.00. The SMILES string of the molecule is CCCNC(c1ccccc1Cl)C1(OC)CCCCCC1. The first-order valence-corrected chi connectivity index (χ1v) is 8.64. The van der Waals surface area contributed by atoms with E-state index in [0.29, 0.717) is 0 Å². The summed E-state index contributed by atoms with van der Waals surface area (Å²) in [5, 5.41) is 4.55. The van der Waals surface area contributed by atoms with Crippen molar-refractivity contribution >= 4 is 11.6 Å². The lowest BCUT2D eigenvalue weighted by atomic mass is 9.82. The molecule has 1 saturated carbocycles. The number of halogens is 1. The number of methoxy groups -OCH3 is 1. The zero-order valence-corrected chi connectivity index (χ0v) is 14.1. The summed E-state index contributed by atoms with van der Waals surface area (Å²) in [6.45, 7) is 3.18. The third-order valence-corrected chi connectivity index (χ3v) is 5.04. The fourth-order valence-electron chi connectivity index (χ4n) is 3.51. The van der Waals surface area contributed by atoms with Crippen LogP contribution in [0.1, 0.15) is 63.5 Å². The van der Waals surface area contributed by atoms with Crippen LogP contribution >= 0.6 is 11.6 Å². The lowest BCUT2D eigenvalue weighted by Gasteiger charge is -2.40. The van der Waals surface area contributed by atoms with Gasteiger partial charge in [-0.3, -0.25) is 0 Å². The molecule has 21 heavy (non-hydrogen) atoms. The number of ether oxygens (including phenoxy) is 1. The molecule has 1 atom stereocenters. The minimum absolute atomic E-state index is 0.128. The first-order chi connectivity index (χ1) is 10.2. The van der Waals surface area contributed by atoms with Crippen molar-refractivity contribution in [1.82, 2.24) is 5.32 Å². The number of hydrogen-bond donors (Lipinski definition) is 1. The molecule has 1 aromatic carbocycles. The Morgan fingerprint density at radius 2 is 1.86 bits per heavy atom. The maximum absolute atomic E-state index is 6.48. The average Bonchev–Trinajstić information content (AvgIpc) is 2.76. The van der Waals surface area contributed by atoms with Crippen LogP contribution in [0.25, 0.3) is 0 Å². The van der Waals surface area contributed by atoms with Crippen molar-refractivity contribution in [2.24, 2.45) is 0 Å². The predicted molar refractivity (Wildman–Crippen MR) is 89.9 cm³/mol. The second kappa shape index (κ2) is 8.17. The van der Waals surface area contributed by atoms with Gasteiger partial charge in [-0.05, 0) is 37.4 Å². The number of nitrogens with one attached hydrogen (secondary N) is 1. The smallest absolute Gasteiger partial charge is 0.0873 e. The number of hydrogen-bond acceptors (Lipinski definition) is 2. The van der Waals surface area contributed by atoms with E-state index in [4.69, 9.17) is 16.3 Å². The van der Waals surface area contributed by atoms with Gasteiger partial charge in [0.15, 0.2) is 0 Å². The van der Waals surface area contributed by atoms with Crippen molar-refractivity contribution < 1.29 is 4.74 Å². The summed E-state index contributed by atoms with van der Waals surface area (Å²) in [4.78, 5) is 0. The average molecular weight is 310 g/mol. The van der Waals surface area contributed by atoms with Crippen molar-refractivity contribution in [1.29, 1.82) is 0 Å². The zero-order valence-electron chi connectivity index (χ0n) is 13.3. The summed E-state index contributed by atoms with van der Waals surface area (Å²) in [6, 6.07) is 8.37. The van der Waals surface area contributed by atoms with Crippen molar-refractivity contribution in [3.63, 3.8) is 0 Å². The molecule has 2 rings (SSSR count). The maximum Gasteiger partial charge on any atom is 0.0873 e. The minimum Gasteiger partial charge on any atom is -0.376 e. The molecule has 0 aliphatic heterocycles. The van der Waals surface area contributed by atoms with Crippen LogP contribution in [0.3, 0.4) is 0 Å². The largest absolute Gasteiger partial charge is 0.376 e. The number of benzene rings is 1. The Bertz CT molecular complexity index is 427. The monoisotopic (exact) mass is 309 g/mol. The fourth-order valence-corrected chi connectivity index (χ4v) is 3.76. The number of rotatable bonds is 6. The summed E-state index contributed by atoms with van der Waals surface area (Å²) in [5.41, 5.74) is 1.05. The fraction of sp³-hybridized carbons (Fsp3) is 0.667. The highest BCUT2D eigenvalue weighted by Gasteiger charge is 2.40. The second-order valence-electron chi connectivity index (χ2n) is 6.09. The summed E-state index contributed by atoms with van der Waals surface area (Å²) >= 11 is 6.48. The Labute approximate surface area is 134 Å². The van der Waals surface area contributed by atoms with Gasteiger partial charge in [0.05, 0.1) is 11.6 Å². The van der Waals surface area contributed by atoms with Gasteiger partial charge in [0.1, 0.15) is 0 Å². The van der Waals surface area contributed by atoms with Gasteiger partial charge >= 0.3 is 0 Å². The topological polar surface area (TPSA) is 21.3 Å². The van der Waals surface area contributed by atoms with Crippen LogP contribution in [-0.4, -0.2) is 19.3 Å². The summed E-state index contributed by atoms with van der Waals surface area (Å²) in [7, 11) is 1.86. The van der Waals surface area contributed by atoms with Crippen LogP contribution in [0.5, 0.6) is 0 Å². The highest BCUT2D eigenvalue weighted by molar-refractivity contribution is 6.31. The molecule has 2 nitrogen and oxygen atoms in total. The molecule has 1 fully saturated rings. The first kappa shape index (κ1) is 16.8. The van der Waals surface area contributed by atoms with Gasteiger partial charge in [0.25, 0.3) is 0 Å². The molecule has 0 amide bonds. The van der Waals surface area contributed by atoms with Gasteiger partial charge in [-0.15, -0.1) is 0 Å². The molecule has 1 aliphatic carbocycles. The lowest BCUT2D eigenvalue weighted by molar-refractivity contribution is -0.0539. The molecule has 3 heteroatoms. The molecular formula is C18H28ClNO. The van der Waals surface area contributed by atoms with Gasteiger partial charge in [-0.1, -0.05) is 62.4 Å². The highest BCUT2D eigenvalue weighted by Crippen LogP contribution is 2.42. The maximum atomic E-state index is 6.48. The van der Waals surface area contributed by atoms with Gasteiger partial charge in [-0.2, -0.15) is 0 Å². The molecule has 1 aromatic rings. The molecule has 0 heterocycles. The summed E-state index contributed by atoms with van der Waals surface area (Å²) in [5.74, 6) is 0. The van der Waals surface area contributed by atoms with Crippen molar-refractivity contribution in [2.45, 2.75) is 63.5 Å². The van der Waals surface area contributed by atoms with Gasteiger partial charge in [0.2, 0.25) is 0 Å². The van der Waals surface area contributed by atoms with Crippen LogP contribution < -0.4 is 5.32 Å². The molecule has 0 radical (unpaired) electrons. The van der Waals surface area contributed by atoms with Crippen molar-refractivity contribution in [3.8, 4) is 0 Å². The molecule has 1 aliphatic rings. The van der Waals surface area contributed by atoms with E-state index < -0.39 is 0 Å². The molecule has 0 saturated heterocycles. The Morgan fingerprint density at radius 3 is 2.43 bits per heavy atom. The Kier molecular flexibility index (Phi) is 6.53. The zero-order chi connectivity index (χ0) is 15.1. The van der Waals surface area contributed by atoms with Crippen LogP contribution in [-0.2, 0) is 4.74 Å². The van der Waals surface area contributed by atoms with Gasteiger partial charge < -0.3 is 10.1 Å². The molecular weight excluding hydrogens is 282 g/mol. The third-order valence-electron chi connectivity index (χ3n) is 4.70. The standard InChI is InChI=1S/C18H28ClNO/c1-3-14-20-17(15-10-6-7-11-16(15)19)18(21-2)12-8-4-5-9-13-18/h6-7,10-11,17,20H,3-5,8-9,12-14H2,1-2H3. The summed E-state index contributed by atoms with van der Waals surface area (Å²) < 4.78 is 6.11. The molecule has 1 N–H and O–H groups in total. The van der Waals surface area contributed by atoms with E-state index in [1.807, 2.05) is 19.2 Å². The van der Waals surface area contributed by atoms with E-state index >= 15 is 0 Å². The molecule has 0 spiro atoms. The quantitative estimate of drug-likeness (QED) is 0.736. The van der Waals surface area contributed by atoms with Crippen LogP contribution in [0.4, 0.5) is 0 Å². The predicted octanol–water partition coefficient (Wildman–Crippen LogP) is 5.12. The van der Waals surface area contributed by atoms with E-state index in [-0.39, 0.29) is 11.6 Å². The lowest BCUT2D eigenvalue weighted by Crippen LogP contribution is -2.45. The van der Waals surface area contributed by atoms with E-state index in [1.165, 1.54) is 31.2 Å².